The number of benzene rings is 2. The molecule has 0 atom stereocenters. The van der Waals surface area contributed by atoms with Gasteiger partial charge in [0.15, 0.2) is 0 Å². The first-order valence-electron chi connectivity index (χ1n) is 8.92. The van der Waals surface area contributed by atoms with Gasteiger partial charge >= 0.3 is 6.18 Å². The number of hydrogen-bond donors (Lipinski definition) is 0. The Kier molecular flexibility index (Phi) is 6.77. The summed E-state index contributed by atoms with van der Waals surface area (Å²) in [5.74, 6) is 0.103. The number of carbonyl (C=O) groups excluding carboxylic acids is 1. The minimum Gasteiger partial charge on any atom is -0.362 e. The average Bonchev–Trinajstić information content (AvgIpc) is 2.72. The number of rotatable bonds is 5. The van der Waals surface area contributed by atoms with Crippen LogP contribution in [0.1, 0.15) is 5.56 Å². The van der Waals surface area contributed by atoms with E-state index in [4.69, 9.17) is 11.6 Å². The van der Waals surface area contributed by atoms with Crippen molar-refractivity contribution < 1.29 is 22.9 Å². The quantitative estimate of drug-likeness (QED) is 0.368. The second-order valence-electron chi connectivity index (χ2n) is 6.55. The summed E-state index contributed by atoms with van der Waals surface area (Å²) in [5.41, 5.74) is -1.55. The van der Waals surface area contributed by atoms with Gasteiger partial charge in [-0.3, -0.25) is 14.9 Å². The topological polar surface area (TPSA) is 66.7 Å². The summed E-state index contributed by atoms with van der Waals surface area (Å²) in [6.45, 7) is 1.21. The summed E-state index contributed by atoms with van der Waals surface area (Å²) in [6, 6.07) is 9.69. The summed E-state index contributed by atoms with van der Waals surface area (Å²) in [6.07, 6.45) is -4.66. The lowest BCUT2D eigenvalue weighted by molar-refractivity contribution is -0.384. The number of hydrogen-bond acceptors (Lipinski definition) is 5. The third-order valence-electron chi connectivity index (χ3n) is 4.66. The molecule has 2 aromatic rings. The predicted molar refractivity (Wildman–Crippen MR) is 109 cm³/mol. The van der Waals surface area contributed by atoms with Gasteiger partial charge in [-0.15, -0.1) is 11.8 Å². The predicted octanol–water partition coefficient (Wildman–Crippen LogP) is 4.71. The van der Waals surface area contributed by atoms with Gasteiger partial charge in [0.2, 0.25) is 5.91 Å². The average molecular weight is 460 g/mol. The van der Waals surface area contributed by atoms with Gasteiger partial charge in [0.05, 0.1) is 21.3 Å². The van der Waals surface area contributed by atoms with Gasteiger partial charge in [0.25, 0.3) is 5.69 Å². The minimum absolute atomic E-state index is 0.0958. The molecule has 1 saturated heterocycles. The van der Waals surface area contributed by atoms with E-state index < -0.39 is 22.4 Å². The van der Waals surface area contributed by atoms with Crippen molar-refractivity contribution in [1.82, 2.24) is 4.90 Å². The first-order chi connectivity index (χ1) is 14.2. The normalized spacial score (nSPS) is 14.7. The zero-order valence-corrected chi connectivity index (χ0v) is 17.1. The van der Waals surface area contributed by atoms with Crippen LogP contribution in [-0.4, -0.2) is 47.7 Å². The van der Waals surface area contributed by atoms with Crippen LogP contribution in [-0.2, 0) is 11.0 Å². The molecule has 160 valence electrons. The molecule has 1 amide bonds. The van der Waals surface area contributed by atoms with Crippen LogP contribution in [0.15, 0.2) is 47.4 Å². The third kappa shape index (κ3) is 5.17. The van der Waals surface area contributed by atoms with Crippen LogP contribution in [0.5, 0.6) is 0 Å². The number of amides is 1. The van der Waals surface area contributed by atoms with Gasteiger partial charge in [0, 0.05) is 37.1 Å². The summed E-state index contributed by atoms with van der Waals surface area (Å²) in [5, 5.41) is 11.9. The van der Waals surface area contributed by atoms with Gasteiger partial charge in [-0.25, -0.2) is 0 Å². The van der Waals surface area contributed by atoms with E-state index in [9.17, 15) is 28.1 Å². The van der Waals surface area contributed by atoms with Crippen molar-refractivity contribution in [3.8, 4) is 0 Å². The number of nitro groups is 1. The number of nitrogens with zero attached hydrogens (tertiary/aromatic N) is 3. The lowest BCUT2D eigenvalue weighted by Crippen LogP contribution is -2.49. The van der Waals surface area contributed by atoms with Crippen molar-refractivity contribution in [2.45, 2.75) is 11.1 Å². The lowest BCUT2D eigenvalue weighted by atomic mass is 10.1. The zero-order valence-electron chi connectivity index (χ0n) is 15.6. The molecule has 0 aromatic heterocycles. The largest absolute Gasteiger partial charge is 0.416 e. The molecule has 11 heteroatoms. The maximum atomic E-state index is 12.9. The number of piperazine rings is 1. The molecule has 0 spiro atoms. The van der Waals surface area contributed by atoms with E-state index in [-0.39, 0.29) is 30.4 Å². The Hall–Kier alpha value is -2.46. The van der Waals surface area contributed by atoms with Crippen molar-refractivity contribution >= 4 is 40.6 Å². The van der Waals surface area contributed by atoms with Crippen molar-refractivity contribution in [3.63, 3.8) is 0 Å². The fourth-order valence-electron chi connectivity index (χ4n) is 3.10. The Morgan fingerprint density at radius 2 is 1.80 bits per heavy atom. The minimum atomic E-state index is -4.66. The highest BCUT2D eigenvalue weighted by Gasteiger charge is 2.34. The highest BCUT2D eigenvalue weighted by molar-refractivity contribution is 8.00. The van der Waals surface area contributed by atoms with E-state index in [2.05, 4.69) is 0 Å². The monoisotopic (exact) mass is 459 g/mol. The van der Waals surface area contributed by atoms with Crippen LogP contribution in [0.3, 0.4) is 0 Å². The lowest BCUT2D eigenvalue weighted by Gasteiger charge is -2.36. The second kappa shape index (κ2) is 9.13. The second-order valence-corrected chi connectivity index (χ2v) is 7.97. The number of halogens is 4. The number of alkyl halides is 3. The first-order valence-corrected chi connectivity index (χ1v) is 10.3. The zero-order chi connectivity index (χ0) is 21.9. The van der Waals surface area contributed by atoms with Gasteiger partial charge in [-0.05, 0) is 24.3 Å². The molecule has 3 rings (SSSR count). The number of thioether (sulfide) groups is 1. The van der Waals surface area contributed by atoms with Crippen molar-refractivity contribution in [1.29, 1.82) is 0 Å². The van der Waals surface area contributed by atoms with Crippen LogP contribution < -0.4 is 4.90 Å². The van der Waals surface area contributed by atoms with E-state index in [1.54, 1.807) is 21.9 Å². The molecule has 2 aromatic carbocycles. The maximum Gasteiger partial charge on any atom is 0.416 e. The molecule has 0 bridgehead atoms. The third-order valence-corrected chi connectivity index (χ3v) is 6.16. The molecule has 30 heavy (non-hydrogen) atoms. The number of carbonyl (C=O) groups is 1. The van der Waals surface area contributed by atoms with Crippen LogP contribution in [0.2, 0.25) is 5.02 Å². The smallest absolute Gasteiger partial charge is 0.362 e. The molecule has 0 aliphatic carbocycles. The van der Waals surface area contributed by atoms with Crippen LogP contribution in [0.25, 0.3) is 0 Å². The van der Waals surface area contributed by atoms with Gasteiger partial charge in [-0.2, -0.15) is 13.2 Å². The summed E-state index contributed by atoms with van der Waals surface area (Å²) in [7, 11) is 0. The molecule has 1 aliphatic heterocycles. The first kappa shape index (κ1) is 22.2. The summed E-state index contributed by atoms with van der Waals surface area (Å²) >= 11 is 7.41. The highest BCUT2D eigenvalue weighted by atomic mass is 35.5. The van der Waals surface area contributed by atoms with Crippen LogP contribution >= 0.6 is 23.4 Å². The van der Waals surface area contributed by atoms with E-state index >= 15 is 0 Å². The standard InChI is InChI=1S/C19H17ClF3N3O3S/c20-14-3-1-2-4-17(14)30-12-18(27)25-9-7-24(8-10-25)15-6-5-13(19(21,22)23)11-16(15)26(28)29/h1-6,11H,7-10,12H2. The summed E-state index contributed by atoms with van der Waals surface area (Å²) < 4.78 is 38.6. The fraction of sp³-hybridized carbons (Fsp3) is 0.316. The maximum absolute atomic E-state index is 12.9. The molecule has 0 saturated carbocycles. The Morgan fingerprint density at radius 3 is 2.40 bits per heavy atom. The molecule has 1 heterocycles. The van der Waals surface area contributed by atoms with Gasteiger partial charge in [-0.1, -0.05) is 23.7 Å². The molecule has 0 N–H and O–H groups in total. The number of anilines is 1. The van der Waals surface area contributed by atoms with Crippen LogP contribution in [0, 0.1) is 10.1 Å². The summed E-state index contributed by atoms with van der Waals surface area (Å²) in [4.78, 5) is 27.0. The number of nitro benzene ring substituents is 1. The molecule has 0 unspecified atom stereocenters. The van der Waals surface area contributed by atoms with E-state index in [0.29, 0.717) is 24.2 Å². The molecule has 1 aliphatic rings. The Labute approximate surface area is 179 Å². The van der Waals surface area contributed by atoms with Crippen molar-refractivity contribution in [2.24, 2.45) is 0 Å². The van der Waals surface area contributed by atoms with Crippen molar-refractivity contribution in [3.05, 3.63) is 63.2 Å². The van der Waals surface area contributed by atoms with E-state index in [0.717, 1.165) is 17.0 Å². The Morgan fingerprint density at radius 1 is 1.13 bits per heavy atom. The Balaban J connectivity index is 1.63. The highest BCUT2D eigenvalue weighted by Crippen LogP contribution is 2.37. The molecular formula is C19H17ClF3N3O3S. The van der Waals surface area contributed by atoms with E-state index in [1.165, 1.54) is 11.8 Å². The van der Waals surface area contributed by atoms with Crippen LogP contribution in [0.4, 0.5) is 24.5 Å². The van der Waals surface area contributed by atoms with Crippen molar-refractivity contribution in [2.75, 3.05) is 36.8 Å². The van der Waals surface area contributed by atoms with Gasteiger partial charge in [0.1, 0.15) is 5.69 Å². The Bertz CT molecular complexity index is 950. The SMILES string of the molecule is O=C(CSc1ccccc1Cl)N1CCN(c2ccc(C(F)(F)F)cc2[N+](=O)[O-])CC1. The molecular weight excluding hydrogens is 443 g/mol. The van der Waals surface area contributed by atoms with Gasteiger partial charge < -0.3 is 9.80 Å². The van der Waals surface area contributed by atoms with E-state index in [1.807, 2.05) is 12.1 Å². The molecule has 1 fully saturated rings. The molecule has 0 radical (unpaired) electrons. The fourth-order valence-corrected chi connectivity index (χ4v) is 4.24. The molecule has 6 nitrogen and oxygen atoms in total.